The van der Waals surface area contributed by atoms with Gasteiger partial charge in [-0.15, -0.1) is 0 Å². The number of amides is 4. The highest BCUT2D eigenvalue weighted by molar-refractivity contribution is 6.42. The standard InChI is InChI=1S/C28H26Cl4N4O3/c1-17-16-35(11-12-36(17)28(39)33-20-8-10-22(30)24(32)15-20)27(38)25(13-18-5-3-2-4-6-18)34-26(37)19-7-9-21(29)23(31)14-19/h2-10,14-15,17,25H,11-13,16H2,1H3,(H,33,39)(H,34,37). The van der Waals surface area contributed by atoms with Crippen LogP contribution in [0.15, 0.2) is 66.7 Å². The van der Waals surface area contributed by atoms with Crippen molar-refractivity contribution in [2.24, 2.45) is 0 Å². The average Bonchev–Trinajstić information content (AvgIpc) is 2.92. The maximum atomic E-state index is 13.7. The van der Waals surface area contributed by atoms with Gasteiger partial charge in [0.2, 0.25) is 5.91 Å². The van der Waals surface area contributed by atoms with E-state index in [-0.39, 0.29) is 23.0 Å². The number of carbonyl (C=O) groups is 3. The second kappa shape index (κ2) is 12.9. The highest BCUT2D eigenvalue weighted by Crippen LogP contribution is 2.26. The summed E-state index contributed by atoms with van der Waals surface area (Å²) in [6, 6.07) is 17.5. The van der Waals surface area contributed by atoms with Gasteiger partial charge >= 0.3 is 6.03 Å². The van der Waals surface area contributed by atoms with Gasteiger partial charge in [-0.3, -0.25) is 9.59 Å². The summed E-state index contributed by atoms with van der Waals surface area (Å²) >= 11 is 24.1. The molecule has 1 fully saturated rings. The molecule has 1 saturated heterocycles. The Bertz CT molecular complexity index is 1370. The van der Waals surface area contributed by atoms with Gasteiger partial charge in [-0.25, -0.2) is 4.79 Å². The Hall–Kier alpha value is -2.97. The third-order valence-electron chi connectivity index (χ3n) is 6.44. The van der Waals surface area contributed by atoms with Crippen LogP contribution in [0.4, 0.5) is 10.5 Å². The molecular formula is C28H26Cl4N4O3. The Morgan fingerprint density at radius 1 is 0.872 bits per heavy atom. The van der Waals surface area contributed by atoms with E-state index in [1.54, 1.807) is 34.1 Å². The number of urea groups is 1. The fraction of sp³-hybridized carbons (Fsp3) is 0.250. The molecule has 4 rings (SSSR count). The predicted molar refractivity (Wildman–Crippen MR) is 156 cm³/mol. The van der Waals surface area contributed by atoms with Crippen LogP contribution >= 0.6 is 46.4 Å². The minimum Gasteiger partial charge on any atom is -0.340 e. The lowest BCUT2D eigenvalue weighted by Crippen LogP contribution is -2.60. The molecule has 204 valence electrons. The molecule has 0 bridgehead atoms. The van der Waals surface area contributed by atoms with Gasteiger partial charge in [-0.05, 0) is 48.9 Å². The normalized spacial score (nSPS) is 16.0. The van der Waals surface area contributed by atoms with Crippen LogP contribution < -0.4 is 10.6 Å². The van der Waals surface area contributed by atoms with Gasteiger partial charge in [-0.1, -0.05) is 76.7 Å². The predicted octanol–water partition coefficient (Wildman–Crippen LogP) is 6.41. The van der Waals surface area contributed by atoms with Crippen molar-refractivity contribution in [3.05, 3.63) is 97.9 Å². The van der Waals surface area contributed by atoms with Crippen molar-refractivity contribution in [2.45, 2.75) is 25.4 Å². The Kier molecular flexibility index (Phi) is 9.62. The Balaban J connectivity index is 1.45. The molecule has 1 heterocycles. The number of piperazine rings is 1. The minimum absolute atomic E-state index is 0.233. The lowest BCUT2D eigenvalue weighted by Gasteiger charge is -2.41. The fourth-order valence-corrected chi connectivity index (χ4v) is 4.97. The molecule has 0 radical (unpaired) electrons. The third kappa shape index (κ3) is 7.37. The number of rotatable bonds is 6. The Labute approximate surface area is 247 Å². The molecule has 1 aliphatic rings. The van der Waals surface area contributed by atoms with Crippen LogP contribution in [-0.2, 0) is 11.2 Å². The van der Waals surface area contributed by atoms with E-state index in [4.69, 9.17) is 46.4 Å². The van der Waals surface area contributed by atoms with E-state index in [1.807, 2.05) is 37.3 Å². The minimum atomic E-state index is -0.821. The molecule has 7 nitrogen and oxygen atoms in total. The van der Waals surface area contributed by atoms with Crippen molar-refractivity contribution >= 4 is 69.9 Å². The van der Waals surface area contributed by atoms with Crippen molar-refractivity contribution in [3.63, 3.8) is 0 Å². The monoisotopic (exact) mass is 606 g/mol. The zero-order valence-corrected chi connectivity index (χ0v) is 24.0. The molecule has 0 aromatic heterocycles. The topological polar surface area (TPSA) is 81.8 Å². The van der Waals surface area contributed by atoms with Crippen molar-refractivity contribution in [2.75, 3.05) is 25.0 Å². The van der Waals surface area contributed by atoms with Crippen LogP contribution in [0.3, 0.4) is 0 Å². The molecule has 39 heavy (non-hydrogen) atoms. The van der Waals surface area contributed by atoms with Crippen LogP contribution in [-0.4, -0.2) is 59.4 Å². The third-order valence-corrected chi connectivity index (χ3v) is 7.92. The maximum Gasteiger partial charge on any atom is 0.322 e. The van der Waals surface area contributed by atoms with Crippen LogP contribution in [0.5, 0.6) is 0 Å². The van der Waals surface area contributed by atoms with E-state index in [2.05, 4.69) is 10.6 Å². The number of hydrogen-bond donors (Lipinski definition) is 2. The number of halogens is 4. The lowest BCUT2D eigenvalue weighted by molar-refractivity contribution is -0.135. The highest BCUT2D eigenvalue weighted by atomic mass is 35.5. The van der Waals surface area contributed by atoms with E-state index in [0.29, 0.717) is 52.4 Å². The van der Waals surface area contributed by atoms with Crippen molar-refractivity contribution in [3.8, 4) is 0 Å². The van der Waals surface area contributed by atoms with Crippen molar-refractivity contribution in [1.29, 1.82) is 0 Å². The van der Waals surface area contributed by atoms with Gasteiger partial charge in [0.05, 0.1) is 20.1 Å². The summed E-state index contributed by atoms with van der Waals surface area (Å²) in [6.07, 6.45) is 0.305. The highest BCUT2D eigenvalue weighted by Gasteiger charge is 2.34. The molecule has 0 saturated carbocycles. The van der Waals surface area contributed by atoms with Crippen molar-refractivity contribution < 1.29 is 14.4 Å². The largest absolute Gasteiger partial charge is 0.340 e. The van der Waals surface area contributed by atoms with Gasteiger partial charge in [0, 0.05) is 43.3 Å². The summed E-state index contributed by atoms with van der Waals surface area (Å²) < 4.78 is 0. The van der Waals surface area contributed by atoms with E-state index in [9.17, 15) is 14.4 Å². The summed E-state index contributed by atoms with van der Waals surface area (Å²) in [4.78, 5) is 43.0. The summed E-state index contributed by atoms with van der Waals surface area (Å²) in [6.45, 7) is 2.81. The van der Waals surface area contributed by atoms with E-state index < -0.39 is 11.9 Å². The Morgan fingerprint density at radius 2 is 1.54 bits per heavy atom. The molecule has 3 aromatic rings. The molecule has 0 aliphatic carbocycles. The molecule has 2 N–H and O–H groups in total. The van der Waals surface area contributed by atoms with Crippen LogP contribution in [0.2, 0.25) is 20.1 Å². The molecule has 3 aromatic carbocycles. The van der Waals surface area contributed by atoms with Gasteiger partial charge in [0.25, 0.3) is 5.91 Å². The quantitative estimate of drug-likeness (QED) is 0.340. The van der Waals surface area contributed by atoms with E-state index in [1.165, 1.54) is 12.1 Å². The first kappa shape index (κ1) is 29.0. The molecular weight excluding hydrogens is 582 g/mol. The molecule has 11 heteroatoms. The number of hydrogen-bond acceptors (Lipinski definition) is 3. The zero-order valence-electron chi connectivity index (χ0n) is 21.0. The number of benzene rings is 3. The molecule has 2 atom stereocenters. The number of nitrogens with zero attached hydrogens (tertiary/aromatic N) is 2. The summed E-state index contributed by atoms with van der Waals surface area (Å²) in [5.74, 6) is -0.667. The number of anilines is 1. The van der Waals surface area contributed by atoms with Crippen LogP contribution in [0.1, 0.15) is 22.8 Å². The Morgan fingerprint density at radius 3 is 2.18 bits per heavy atom. The van der Waals surface area contributed by atoms with Crippen molar-refractivity contribution in [1.82, 2.24) is 15.1 Å². The average molecular weight is 608 g/mol. The summed E-state index contributed by atoms with van der Waals surface area (Å²) in [5.41, 5.74) is 1.72. The maximum absolute atomic E-state index is 13.7. The molecule has 2 unspecified atom stereocenters. The molecule has 0 spiro atoms. The van der Waals surface area contributed by atoms with E-state index >= 15 is 0 Å². The lowest BCUT2D eigenvalue weighted by atomic mass is 10.0. The number of nitrogens with one attached hydrogen (secondary N) is 2. The smallest absolute Gasteiger partial charge is 0.322 e. The van der Waals surface area contributed by atoms with Gasteiger partial charge in [0.15, 0.2) is 0 Å². The zero-order chi connectivity index (χ0) is 28.1. The van der Waals surface area contributed by atoms with Crippen LogP contribution in [0.25, 0.3) is 0 Å². The van der Waals surface area contributed by atoms with Crippen LogP contribution in [0, 0.1) is 0 Å². The van der Waals surface area contributed by atoms with Gasteiger partial charge < -0.3 is 20.4 Å². The molecule has 4 amide bonds. The second-order valence-corrected chi connectivity index (χ2v) is 10.9. The van der Waals surface area contributed by atoms with E-state index in [0.717, 1.165) is 5.56 Å². The summed E-state index contributed by atoms with van der Waals surface area (Å²) in [7, 11) is 0. The fourth-order valence-electron chi connectivity index (χ4n) is 4.38. The first-order valence-electron chi connectivity index (χ1n) is 12.2. The first-order chi connectivity index (χ1) is 18.6. The second-order valence-electron chi connectivity index (χ2n) is 9.23. The number of carbonyl (C=O) groups excluding carboxylic acids is 3. The summed E-state index contributed by atoms with van der Waals surface area (Å²) in [5, 5.41) is 7.01. The SMILES string of the molecule is CC1CN(C(=O)C(Cc2ccccc2)NC(=O)c2ccc(Cl)c(Cl)c2)CCN1C(=O)Nc1ccc(Cl)c(Cl)c1. The van der Waals surface area contributed by atoms with Gasteiger partial charge in [-0.2, -0.15) is 0 Å². The van der Waals surface area contributed by atoms with Gasteiger partial charge in [0.1, 0.15) is 6.04 Å². The molecule has 1 aliphatic heterocycles. The first-order valence-corrected chi connectivity index (χ1v) is 13.7.